The number of nitrogens with zero attached hydrogens (tertiary/aromatic N) is 5. The first-order chi connectivity index (χ1) is 23.5. The van der Waals surface area contributed by atoms with Gasteiger partial charge in [0.1, 0.15) is 4.47 Å². The summed E-state index contributed by atoms with van der Waals surface area (Å²) in [5, 5.41) is 10.2. The van der Waals surface area contributed by atoms with Crippen LogP contribution in [0.2, 0.25) is 0 Å². The van der Waals surface area contributed by atoms with E-state index in [2.05, 4.69) is 78.8 Å². The van der Waals surface area contributed by atoms with Crippen molar-refractivity contribution < 1.29 is 14.4 Å². The summed E-state index contributed by atoms with van der Waals surface area (Å²) < 4.78 is 1.80. The van der Waals surface area contributed by atoms with Gasteiger partial charge in [0.2, 0.25) is 11.8 Å². The maximum Gasteiger partial charge on any atom is 0.282 e. The fraction of sp³-hybridized carbons (Fsp3) is 0.486. The Morgan fingerprint density at radius 3 is 2.45 bits per heavy atom. The molecule has 49 heavy (non-hydrogen) atoms. The molecule has 258 valence electrons. The van der Waals surface area contributed by atoms with Gasteiger partial charge in [-0.15, -0.1) is 0 Å². The molecule has 0 bridgehead atoms. The van der Waals surface area contributed by atoms with Crippen LogP contribution in [0.1, 0.15) is 71.0 Å². The third-order valence-corrected chi connectivity index (χ3v) is 11.9. The van der Waals surface area contributed by atoms with E-state index in [0.29, 0.717) is 28.9 Å². The van der Waals surface area contributed by atoms with Crippen LogP contribution in [0.4, 0.5) is 11.4 Å². The summed E-state index contributed by atoms with van der Waals surface area (Å²) >= 11 is 3.43. The Hall–Kier alpha value is -4.03. The van der Waals surface area contributed by atoms with Crippen LogP contribution in [0, 0.1) is 12.3 Å². The molecule has 2 aromatic carbocycles. The molecule has 4 aliphatic heterocycles. The van der Waals surface area contributed by atoms with Gasteiger partial charge in [0.15, 0.2) is 0 Å². The smallest absolute Gasteiger partial charge is 0.282 e. The van der Waals surface area contributed by atoms with Crippen molar-refractivity contribution >= 4 is 45.0 Å². The molecule has 1 spiro atoms. The number of hydrogen-bond acceptors (Lipinski definition) is 8. The SMILES string of the molecule is Cc1cc(N2CC3(CCN(C(=O)c4ccc([C@H]5C[C@@H](Nc6cnn(C)c(=O)c6Br)CN(C)C5)cc4)CC3)C2)ccc1C1CCC(=O)NC1=O. The summed E-state index contributed by atoms with van der Waals surface area (Å²) in [6.07, 6.45) is 5.51. The molecule has 2 N–H and O–H groups in total. The van der Waals surface area contributed by atoms with Gasteiger partial charge >= 0.3 is 0 Å². The summed E-state index contributed by atoms with van der Waals surface area (Å²) in [4.78, 5) is 56.6. The van der Waals surface area contributed by atoms with E-state index >= 15 is 0 Å². The van der Waals surface area contributed by atoms with E-state index in [1.807, 2.05) is 24.0 Å². The number of aryl methyl sites for hydroxylation is 2. The van der Waals surface area contributed by atoms with Crippen LogP contribution in [0.25, 0.3) is 0 Å². The molecular formula is C37H44BrN7O4. The summed E-state index contributed by atoms with van der Waals surface area (Å²) in [5.74, 6) is -0.258. The van der Waals surface area contributed by atoms with Crippen molar-refractivity contribution in [1.82, 2.24) is 24.9 Å². The van der Waals surface area contributed by atoms with E-state index in [0.717, 1.165) is 75.2 Å². The average Bonchev–Trinajstić information content (AvgIpc) is 3.07. The molecule has 0 aliphatic carbocycles. The van der Waals surface area contributed by atoms with E-state index in [1.165, 1.54) is 15.9 Å². The van der Waals surface area contributed by atoms with Gasteiger partial charge in [-0.25, -0.2) is 4.68 Å². The topological polar surface area (TPSA) is 120 Å². The van der Waals surface area contributed by atoms with Crippen LogP contribution in [-0.2, 0) is 16.6 Å². The Morgan fingerprint density at radius 2 is 1.76 bits per heavy atom. The second-order valence-corrected chi connectivity index (χ2v) is 15.4. The van der Waals surface area contributed by atoms with E-state index in [4.69, 9.17) is 0 Å². The van der Waals surface area contributed by atoms with Gasteiger partial charge in [-0.2, -0.15) is 5.10 Å². The predicted octanol–water partition coefficient (Wildman–Crippen LogP) is 4.01. The molecule has 4 fully saturated rings. The lowest BCUT2D eigenvalue weighted by molar-refractivity contribution is -0.134. The van der Waals surface area contributed by atoms with E-state index in [-0.39, 0.29) is 40.7 Å². The zero-order valence-electron chi connectivity index (χ0n) is 28.4. The van der Waals surface area contributed by atoms with Gasteiger partial charge in [0.05, 0.1) is 17.8 Å². The molecule has 11 nitrogen and oxygen atoms in total. The van der Waals surface area contributed by atoms with Crippen LogP contribution in [0.3, 0.4) is 0 Å². The molecule has 0 saturated carbocycles. The molecule has 12 heteroatoms. The minimum absolute atomic E-state index is 0.0977. The number of likely N-dealkylation sites (N-methyl/N-ethyl adjacent to an activating group) is 1. The molecule has 1 unspecified atom stereocenters. The number of piperidine rings is 3. The number of halogens is 1. The number of aromatic nitrogens is 2. The summed E-state index contributed by atoms with van der Waals surface area (Å²) in [6.45, 7) is 7.30. The van der Waals surface area contributed by atoms with E-state index in [1.54, 1.807) is 13.2 Å². The fourth-order valence-electron chi connectivity index (χ4n) is 8.26. The third kappa shape index (κ3) is 6.77. The molecule has 5 heterocycles. The number of benzene rings is 2. The molecule has 3 amide bonds. The number of likely N-dealkylation sites (tertiary alicyclic amines) is 2. The first-order valence-corrected chi connectivity index (χ1v) is 18.0. The third-order valence-electron chi connectivity index (χ3n) is 11.1. The van der Waals surface area contributed by atoms with Crippen molar-refractivity contribution in [3.63, 3.8) is 0 Å². The Kier molecular flexibility index (Phi) is 9.12. The molecule has 4 saturated heterocycles. The van der Waals surface area contributed by atoms with Crippen molar-refractivity contribution in [3.8, 4) is 0 Å². The van der Waals surface area contributed by atoms with E-state index < -0.39 is 0 Å². The zero-order valence-corrected chi connectivity index (χ0v) is 30.0. The monoisotopic (exact) mass is 729 g/mol. The number of amides is 3. The van der Waals surface area contributed by atoms with Crippen molar-refractivity contribution in [2.45, 2.75) is 56.9 Å². The lowest BCUT2D eigenvalue weighted by atomic mass is 9.71. The quantitative estimate of drug-likeness (QED) is 0.366. The molecule has 0 radical (unpaired) electrons. The van der Waals surface area contributed by atoms with Gasteiger partial charge in [-0.1, -0.05) is 18.2 Å². The Balaban J connectivity index is 0.917. The van der Waals surface area contributed by atoms with Crippen molar-refractivity contribution in [1.29, 1.82) is 0 Å². The maximum atomic E-state index is 13.5. The first-order valence-electron chi connectivity index (χ1n) is 17.2. The van der Waals surface area contributed by atoms with Crippen LogP contribution in [-0.4, -0.2) is 89.7 Å². The normalized spacial score (nSPS) is 24.0. The standard InChI is InChI=1S/C37H44BrN7O4/c1-23-16-28(8-9-29(23)30-10-11-32(46)41-34(30)47)45-21-37(22-45)12-14-44(15-13-37)35(48)25-6-4-24(5-7-25)26-17-27(20-42(2)19-26)40-31-18-39-43(3)36(49)33(31)38/h4-9,16,18,26-27,30,40H,10-15,17,19-22H2,1-3H3,(H,41,46,47)/t26-,27+,30?/m0/s1. The lowest BCUT2D eigenvalue weighted by Crippen LogP contribution is -2.61. The fourth-order valence-corrected chi connectivity index (χ4v) is 8.73. The highest BCUT2D eigenvalue weighted by Crippen LogP contribution is 2.43. The molecular weight excluding hydrogens is 686 g/mol. The minimum Gasteiger partial charge on any atom is -0.379 e. The summed E-state index contributed by atoms with van der Waals surface area (Å²) in [5.41, 5.74) is 5.95. The second kappa shape index (κ2) is 13.4. The van der Waals surface area contributed by atoms with Gasteiger partial charge in [-0.3, -0.25) is 24.5 Å². The maximum absolute atomic E-state index is 13.5. The van der Waals surface area contributed by atoms with Gasteiger partial charge < -0.3 is 20.0 Å². The number of carbonyl (C=O) groups is 3. The van der Waals surface area contributed by atoms with Crippen molar-refractivity contribution in [2.75, 3.05) is 56.5 Å². The predicted molar refractivity (Wildman–Crippen MR) is 192 cm³/mol. The lowest BCUT2D eigenvalue weighted by Gasteiger charge is -2.55. The average molecular weight is 731 g/mol. The molecule has 3 aromatic rings. The Morgan fingerprint density at radius 1 is 1.02 bits per heavy atom. The van der Waals surface area contributed by atoms with Crippen LogP contribution in [0.5, 0.6) is 0 Å². The highest BCUT2D eigenvalue weighted by atomic mass is 79.9. The summed E-state index contributed by atoms with van der Waals surface area (Å²) in [6, 6.07) is 14.6. The highest BCUT2D eigenvalue weighted by Gasteiger charge is 2.45. The van der Waals surface area contributed by atoms with Gasteiger partial charge in [-0.05, 0) is 102 Å². The van der Waals surface area contributed by atoms with Crippen LogP contribution >= 0.6 is 15.9 Å². The molecule has 1 aromatic heterocycles. The first kappa shape index (κ1) is 33.5. The highest BCUT2D eigenvalue weighted by molar-refractivity contribution is 9.10. The minimum atomic E-state index is -0.268. The van der Waals surface area contributed by atoms with Crippen molar-refractivity contribution in [2.24, 2.45) is 12.5 Å². The van der Waals surface area contributed by atoms with Gasteiger partial charge in [0, 0.05) is 75.4 Å². The molecule has 3 atom stereocenters. The zero-order chi connectivity index (χ0) is 34.4. The largest absolute Gasteiger partial charge is 0.379 e. The Bertz CT molecular complexity index is 1830. The second-order valence-electron chi connectivity index (χ2n) is 14.6. The summed E-state index contributed by atoms with van der Waals surface area (Å²) in [7, 11) is 3.75. The number of rotatable bonds is 6. The molecule has 7 rings (SSSR count). The van der Waals surface area contributed by atoms with Crippen LogP contribution < -0.4 is 21.1 Å². The number of nitrogens with one attached hydrogen (secondary N) is 2. The number of carbonyl (C=O) groups excluding carboxylic acids is 3. The van der Waals surface area contributed by atoms with Crippen molar-refractivity contribution in [3.05, 3.63) is 85.7 Å². The van der Waals surface area contributed by atoms with E-state index in [9.17, 15) is 19.2 Å². The number of imide groups is 1. The van der Waals surface area contributed by atoms with Gasteiger partial charge in [0.25, 0.3) is 11.5 Å². The number of hydrogen-bond donors (Lipinski definition) is 2. The molecule has 4 aliphatic rings. The Labute approximate surface area is 295 Å². The number of anilines is 2. The van der Waals surface area contributed by atoms with Crippen LogP contribution in [0.15, 0.2) is 57.9 Å².